The molecule has 98 valence electrons. The molecule has 0 saturated heterocycles. The van der Waals surface area contributed by atoms with Gasteiger partial charge in [0.05, 0.1) is 22.8 Å². The summed E-state index contributed by atoms with van der Waals surface area (Å²) in [6.45, 7) is 1.92. The normalized spacial score (nSPS) is 16.4. The molecule has 2 rings (SSSR count). The van der Waals surface area contributed by atoms with Gasteiger partial charge >= 0.3 is 0 Å². The van der Waals surface area contributed by atoms with E-state index in [9.17, 15) is 14.3 Å². The highest BCUT2D eigenvalue weighted by atomic mass is 79.9. The van der Waals surface area contributed by atoms with Crippen molar-refractivity contribution in [2.45, 2.75) is 25.9 Å². The van der Waals surface area contributed by atoms with Crippen LogP contribution >= 0.6 is 15.9 Å². The number of halogens is 2. The molecule has 18 heavy (non-hydrogen) atoms. The zero-order valence-corrected chi connectivity index (χ0v) is 11.7. The first-order valence-corrected chi connectivity index (χ1v) is 6.68. The molecule has 1 fully saturated rings. The maximum Gasteiger partial charge on any atom is 0.214 e. The Hall–Kier alpha value is -0.940. The maximum atomic E-state index is 14.0. The molecule has 3 nitrogen and oxygen atoms in total. The number of benzene rings is 1. The molecule has 1 saturated carbocycles. The number of carbonyl (C=O) groups is 1. The molecule has 0 aliphatic heterocycles. The predicted molar refractivity (Wildman–Crippen MR) is 71.0 cm³/mol. The molecule has 1 amide bonds. The Morgan fingerprint density at radius 3 is 2.83 bits per heavy atom. The minimum absolute atomic E-state index is 0.139. The molecule has 0 bridgehead atoms. The summed E-state index contributed by atoms with van der Waals surface area (Å²) in [7, 11) is 0. The molecule has 1 unspecified atom stereocenters. The van der Waals surface area contributed by atoms with Gasteiger partial charge < -0.3 is 10.0 Å². The number of hydrogen-bond donors (Lipinski definition) is 1. The molecule has 1 aromatic carbocycles. The largest absolute Gasteiger partial charge is 0.391 e. The van der Waals surface area contributed by atoms with E-state index in [1.165, 1.54) is 4.90 Å². The molecule has 1 aromatic rings. The first-order chi connectivity index (χ1) is 8.54. The van der Waals surface area contributed by atoms with Gasteiger partial charge in [-0.05, 0) is 53.2 Å². The van der Waals surface area contributed by atoms with E-state index < -0.39 is 11.9 Å². The Balaban J connectivity index is 2.21. The van der Waals surface area contributed by atoms with Gasteiger partial charge in [0.15, 0.2) is 5.82 Å². The number of anilines is 1. The SMILES string of the molecule is Cc1ccc(N(C=O)CC(O)C2CC2)c(F)c1Br. The third-order valence-electron chi connectivity index (χ3n) is 3.24. The number of hydrogen-bond acceptors (Lipinski definition) is 2. The number of amides is 1. The summed E-state index contributed by atoms with van der Waals surface area (Å²) in [6, 6.07) is 3.30. The molecule has 0 heterocycles. The van der Waals surface area contributed by atoms with Crippen molar-refractivity contribution in [1.82, 2.24) is 0 Å². The minimum atomic E-state index is -0.574. The van der Waals surface area contributed by atoms with Crippen LogP contribution in [-0.4, -0.2) is 24.2 Å². The number of aliphatic hydroxyl groups is 1. The van der Waals surface area contributed by atoms with Gasteiger partial charge in [0.25, 0.3) is 0 Å². The second-order valence-corrected chi connectivity index (χ2v) is 5.49. The molecule has 0 radical (unpaired) electrons. The highest BCUT2D eigenvalue weighted by Gasteiger charge is 2.31. The Bertz CT molecular complexity index is 463. The zero-order chi connectivity index (χ0) is 13.3. The van der Waals surface area contributed by atoms with Gasteiger partial charge in [-0.25, -0.2) is 4.39 Å². The van der Waals surface area contributed by atoms with E-state index in [1.807, 2.05) is 0 Å². The molecular weight excluding hydrogens is 301 g/mol. The number of rotatable bonds is 5. The lowest BCUT2D eigenvalue weighted by Crippen LogP contribution is -2.33. The third kappa shape index (κ3) is 2.72. The molecule has 5 heteroatoms. The number of aliphatic hydroxyl groups excluding tert-OH is 1. The molecule has 1 N–H and O–H groups in total. The van der Waals surface area contributed by atoms with Crippen molar-refractivity contribution in [3.05, 3.63) is 28.0 Å². The van der Waals surface area contributed by atoms with Crippen molar-refractivity contribution < 1.29 is 14.3 Å². The lowest BCUT2D eigenvalue weighted by atomic mass is 10.1. The molecule has 1 aliphatic rings. The smallest absolute Gasteiger partial charge is 0.214 e. The van der Waals surface area contributed by atoms with E-state index in [0.29, 0.717) is 10.9 Å². The average molecular weight is 316 g/mol. The van der Waals surface area contributed by atoms with Crippen LogP contribution in [0.4, 0.5) is 10.1 Å². The monoisotopic (exact) mass is 315 g/mol. The van der Waals surface area contributed by atoms with Crippen LogP contribution in [0.25, 0.3) is 0 Å². The quantitative estimate of drug-likeness (QED) is 0.849. The van der Waals surface area contributed by atoms with E-state index in [1.54, 1.807) is 19.1 Å². The van der Waals surface area contributed by atoms with Crippen molar-refractivity contribution in [1.29, 1.82) is 0 Å². The highest BCUT2D eigenvalue weighted by molar-refractivity contribution is 9.10. The first kappa shape index (κ1) is 13.5. The third-order valence-corrected chi connectivity index (χ3v) is 4.22. The molecular formula is C13H15BrFNO2. The summed E-state index contributed by atoms with van der Waals surface area (Å²) < 4.78 is 14.4. The van der Waals surface area contributed by atoms with Crippen LogP contribution in [0.1, 0.15) is 18.4 Å². The van der Waals surface area contributed by atoms with Crippen molar-refractivity contribution in [3.63, 3.8) is 0 Å². The predicted octanol–water partition coefficient (Wildman–Crippen LogP) is 2.63. The number of carbonyl (C=O) groups excluding carboxylic acids is 1. The van der Waals surface area contributed by atoms with E-state index in [0.717, 1.165) is 18.4 Å². The van der Waals surface area contributed by atoms with E-state index in [-0.39, 0.29) is 18.2 Å². The summed E-state index contributed by atoms with van der Waals surface area (Å²) in [5.41, 5.74) is 0.965. The molecule has 1 aliphatic carbocycles. The second-order valence-electron chi connectivity index (χ2n) is 4.69. The highest BCUT2D eigenvalue weighted by Crippen LogP contribution is 2.34. The van der Waals surface area contributed by atoms with Crippen LogP contribution in [-0.2, 0) is 4.79 Å². The fraction of sp³-hybridized carbons (Fsp3) is 0.462. The number of aryl methyl sites for hydroxylation is 1. The van der Waals surface area contributed by atoms with Gasteiger partial charge in [0.2, 0.25) is 6.41 Å². The van der Waals surface area contributed by atoms with Crippen molar-refractivity contribution >= 4 is 28.0 Å². The summed E-state index contributed by atoms with van der Waals surface area (Å²) in [5, 5.41) is 9.83. The second kappa shape index (κ2) is 5.36. The van der Waals surface area contributed by atoms with Crippen molar-refractivity contribution in [3.8, 4) is 0 Å². The Labute approximate surface area is 114 Å². The summed E-state index contributed by atoms with van der Waals surface area (Å²) in [5.74, 6) is -0.213. The zero-order valence-electron chi connectivity index (χ0n) is 10.1. The lowest BCUT2D eigenvalue weighted by Gasteiger charge is -2.22. The van der Waals surface area contributed by atoms with Crippen molar-refractivity contribution in [2.75, 3.05) is 11.4 Å². The van der Waals surface area contributed by atoms with Gasteiger partial charge in [-0.3, -0.25) is 4.79 Å². The van der Waals surface area contributed by atoms with E-state index >= 15 is 0 Å². The van der Waals surface area contributed by atoms with Gasteiger partial charge in [0.1, 0.15) is 0 Å². The maximum absolute atomic E-state index is 14.0. The topological polar surface area (TPSA) is 40.5 Å². The average Bonchev–Trinajstić information content (AvgIpc) is 3.18. The minimum Gasteiger partial charge on any atom is -0.391 e. The molecule has 0 spiro atoms. The molecule has 1 atom stereocenters. The van der Waals surface area contributed by atoms with Crippen LogP contribution in [0.2, 0.25) is 0 Å². The van der Waals surface area contributed by atoms with Crippen LogP contribution in [0.5, 0.6) is 0 Å². The van der Waals surface area contributed by atoms with Gasteiger partial charge in [0, 0.05) is 0 Å². The van der Waals surface area contributed by atoms with E-state index in [2.05, 4.69) is 15.9 Å². The summed E-state index contributed by atoms with van der Waals surface area (Å²) >= 11 is 3.15. The van der Waals surface area contributed by atoms with Crippen LogP contribution in [0.3, 0.4) is 0 Å². The summed E-state index contributed by atoms with van der Waals surface area (Å²) in [6.07, 6.45) is 1.95. The standard InChI is InChI=1S/C13H15BrFNO2/c1-8-2-5-10(13(15)12(8)14)16(7-17)6-11(18)9-3-4-9/h2,5,7,9,11,18H,3-4,6H2,1H3. The van der Waals surface area contributed by atoms with Crippen LogP contribution < -0.4 is 4.90 Å². The molecule has 0 aromatic heterocycles. The van der Waals surface area contributed by atoms with Crippen molar-refractivity contribution in [2.24, 2.45) is 5.92 Å². The summed E-state index contributed by atoms with van der Waals surface area (Å²) in [4.78, 5) is 12.3. The van der Waals surface area contributed by atoms with Crippen LogP contribution in [0.15, 0.2) is 16.6 Å². The lowest BCUT2D eigenvalue weighted by molar-refractivity contribution is -0.107. The Kier molecular flexibility index (Phi) is 4.02. The fourth-order valence-electron chi connectivity index (χ4n) is 1.89. The van der Waals surface area contributed by atoms with Gasteiger partial charge in [-0.2, -0.15) is 0 Å². The van der Waals surface area contributed by atoms with E-state index in [4.69, 9.17) is 0 Å². The Morgan fingerprint density at radius 2 is 2.28 bits per heavy atom. The first-order valence-electron chi connectivity index (χ1n) is 5.89. The van der Waals surface area contributed by atoms with Crippen LogP contribution in [0, 0.1) is 18.7 Å². The number of nitrogens with zero attached hydrogens (tertiary/aromatic N) is 1. The van der Waals surface area contributed by atoms with Gasteiger partial charge in [-0.15, -0.1) is 0 Å². The Morgan fingerprint density at radius 1 is 1.61 bits per heavy atom. The fourth-order valence-corrected chi connectivity index (χ4v) is 2.22. The van der Waals surface area contributed by atoms with Gasteiger partial charge in [-0.1, -0.05) is 6.07 Å².